The summed E-state index contributed by atoms with van der Waals surface area (Å²) in [6, 6.07) is 9.31. The molecule has 0 aliphatic carbocycles. The zero-order valence-corrected chi connectivity index (χ0v) is 19.6. The van der Waals surface area contributed by atoms with Gasteiger partial charge in [-0.15, -0.1) is 11.3 Å². The molecule has 0 saturated heterocycles. The maximum absolute atomic E-state index is 12.3. The number of anilines is 3. The Hall–Kier alpha value is -2.65. The number of benzene rings is 1. The molecular weight excluding hydrogens is 418 g/mol. The van der Waals surface area contributed by atoms with Gasteiger partial charge in [0.25, 0.3) is 5.91 Å². The number of thiophene rings is 1. The number of aromatic hydroxyl groups is 1. The van der Waals surface area contributed by atoms with Crippen LogP contribution in [0.5, 0.6) is 5.75 Å². The number of hydrogen-bond acceptors (Lipinski definition) is 8. The summed E-state index contributed by atoms with van der Waals surface area (Å²) >= 11 is 2.84. The van der Waals surface area contributed by atoms with Gasteiger partial charge in [0.1, 0.15) is 0 Å². The van der Waals surface area contributed by atoms with E-state index in [4.69, 9.17) is 0 Å². The van der Waals surface area contributed by atoms with Crippen molar-refractivity contribution in [2.24, 2.45) is 5.41 Å². The molecule has 9 heteroatoms. The Morgan fingerprint density at radius 1 is 1.13 bits per heavy atom. The van der Waals surface area contributed by atoms with Crippen LogP contribution >= 0.6 is 23.1 Å². The third-order valence-electron chi connectivity index (χ3n) is 4.61. The molecule has 0 saturated carbocycles. The molecule has 0 aliphatic rings. The summed E-state index contributed by atoms with van der Waals surface area (Å²) in [7, 11) is 3.29. The highest BCUT2D eigenvalue weighted by molar-refractivity contribution is 7.12. The van der Waals surface area contributed by atoms with Gasteiger partial charge in [-0.05, 0) is 36.6 Å². The quantitative estimate of drug-likeness (QED) is 0.449. The monoisotopic (exact) mass is 445 g/mol. The highest BCUT2D eigenvalue weighted by Gasteiger charge is 2.29. The van der Waals surface area contributed by atoms with E-state index in [0.29, 0.717) is 17.3 Å². The van der Waals surface area contributed by atoms with Crippen LogP contribution in [0.3, 0.4) is 0 Å². The van der Waals surface area contributed by atoms with E-state index in [0.717, 1.165) is 11.7 Å². The van der Waals surface area contributed by atoms with Crippen molar-refractivity contribution in [3.63, 3.8) is 0 Å². The summed E-state index contributed by atoms with van der Waals surface area (Å²) in [4.78, 5) is 16.2. The first-order valence-electron chi connectivity index (χ1n) is 9.54. The zero-order chi connectivity index (χ0) is 22.1. The Morgan fingerprint density at radius 2 is 1.83 bits per heavy atom. The van der Waals surface area contributed by atoms with Crippen LogP contribution in [0.4, 0.5) is 17.3 Å². The van der Waals surface area contributed by atoms with Crippen molar-refractivity contribution >= 4 is 46.3 Å². The minimum absolute atomic E-state index is 0.0379. The van der Waals surface area contributed by atoms with E-state index in [1.807, 2.05) is 0 Å². The van der Waals surface area contributed by atoms with Crippen molar-refractivity contribution in [2.75, 3.05) is 24.7 Å². The van der Waals surface area contributed by atoms with Crippen molar-refractivity contribution in [3.05, 3.63) is 45.6 Å². The number of rotatable bonds is 6. The molecule has 0 radical (unpaired) electrons. The van der Waals surface area contributed by atoms with Crippen molar-refractivity contribution in [1.29, 1.82) is 0 Å². The maximum Gasteiger partial charge on any atom is 0.257 e. The van der Waals surface area contributed by atoms with Crippen molar-refractivity contribution in [1.82, 2.24) is 13.6 Å². The molecule has 1 atom stereocenters. The van der Waals surface area contributed by atoms with Gasteiger partial charge in [0.05, 0.1) is 29.0 Å². The number of phenols is 1. The lowest BCUT2D eigenvalue weighted by Crippen LogP contribution is -2.25. The van der Waals surface area contributed by atoms with Gasteiger partial charge in [-0.1, -0.05) is 26.8 Å². The largest absolute Gasteiger partial charge is 0.505 e. The smallest absolute Gasteiger partial charge is 0.257 e. The highest BCUT2D eigenvalue weighted by Crippen LogP contribution is 2.40. The van der Waals surface area contributed by atoms with Crippen LogP contribution in [0.25, 0.3) is 0 Å². The molecule has 3 aromatic rings. The predicted molar refractivity (Wildman–Crippen MR) is 124 cm³/mol. The van der Waals surface area contributed by atoms with Crippen LogP contribution in [0.1, 0.15) is 46.9 Å². The number of phenolic OH excluding ortho intramolecular Hbond substituents is 1. The molecule has 2 heterocycles. The molecule has 30 heavy (non-hydrogen) atoms. The van der Waals surface area contributed by atoms with Crippen molar-refractivity contribution < 1.29 is 9.90 Å². The van der Waals surface area contributed by atoms with E-state index in [9.17, 15) is 9.90 Å². The van der Waals surface area contributed by atoms with Crippen LogP contribution in [0.15, 0.2) is 30.3 Å². The SMILES string of the molecule is Cc1ccc(C(Nc2nsnc2Nc2cccc(C(=O)N(C)C)c2O)C(C)(C)C)s1. The van der Waals surface area contributed by atoms with Gasteiger partial charge in [-0.25, -0.2) is 0 Å². The van der Waals surface area contributed by atoms with Crippen LogP contribution in [-0.2, 0) is 0 Å². The van der Waals surface area contributed by atoms with Gasteiger partial charge in [-0.3, -0.25) is 4.79 Å². The number of nitrogens with one attached hydrogen (secondary N) is 2. The van der Waals surface area contributed by atoms with Crippen LogP contribution < -0.4 is 10.6 Å². The van der Waals surface area contributed by atoms with Crippen LogP contribution in [0.2, 0.25) is 0 Å². The van der Waals surface area contributed by atoms with E-state index >= 15 is 0 Å². The number of carbonyl (C=O) groups excluding carboxylic acids is 1. The fraction of sp³-hybridized carbons (Fsp3) is 0.381. The average molecular weight is 446 g/mol. The molecule has 1 amide bonds. The molecule has 1 aromatic carbocycles. The average Bonchev–Trinajstić information content (AvgIpc) is 3.28. The van der Waals surface area contributed by atoms with Gasteiger partial charge < -0.3 is 20.6 Å². The molecule has 3 rings (SSSR count). The van der Waals surface area contributed by atoms with E-state index < -0.39 is 0 Å². The third-order valence-corrected chi connectivity index (χ3v) is 6.20. The Morgan fingerprint density at radius 3 is 2.43 bits per heavy atom. The number of carbonyl (C=O) groups is 1. The van der Waals surface area contributed by atoms with Gasteiger partial charge in [0.15, 0.2) is 17.4 Å². The van der Waals surface area contributed by atoms with E-state index in [1.54, 1.807) is 43.6 Å². The van der Waals surface area contributed by atoms with E-state index in [-0.39, 0.29) is 28.7 Å². The third kappa shape index (κ3) is 4.73. The van der Waals surface area contributed by atoms with E-state index in [2.05, 4.69) is 59.2 Å². The lowest BCUT2D eigenvalue weighted by Gasteiger charge is -2.31. The number of aryl methyl sites for hydroxylation is 1. The molecule has 0 fully saturated rings. The second-order valence-corrected chi connectivity index (χ2v) is 10.2. The molecular formula is C21H27N5O2S2. The minimum atomic E-state index is -0.272. The fourth-order valence-corrected chi connectivity index (χ4v) is 4.66. The maximum atomic E-state index is 12.3. The highest BCUT2D eigenvalue weighted by atomic mass is 32.1. The number of aromatic nitrogens is 2. The Kier molecular flexibility index (Phi) is 6.33. The fourth-order valence-electron chi connectivity index (χ4n) is 3.01. The molecule has 0 bridgehead atoms. The standard InChI is InChI=1S/C21H27N5O2S2/c1-12-10-11-15(29-12)17(21(2,3)4)23-19-18(24-30-25-19)22-14-9-7-8-13(16(14)27)20(28)26(5)6/h7-11,17,27H,1-6H3,(H,22,24)(H,23,25). The molecule has 2 aromatic heterocycles. The summed E-state index contributed by atoms with van der Waals surface area (Å²) in [6.45, 7) is 8.62. The van der Waals surface area contributed by atoms with Gasteiger partial charge in [0.2, 0.25) is 0 Å². The molecule has 1 unspecified atom stereocenters. The normalized spacial score (nSPS) is 12.5. The molecule has 3 N–H and O–H groups in total. The van der Waals surface area contributed by atoms with Crippen molar-refractivity contribution in [2.45, 2.75) is 33.7 Å². The summed E-state index contributed by atoms with van der Waals surface area (Å²) in [5.74, 6) is 0.727. The Balaban J connectivity index is 1.89. The number of hydrogen-bond donors (Lipinski definition) is 3. The van der Waals surface area contributed by atoms with Gasteiger partial charge >= 0.3 is 0 Å². The Bertz CT molecular complexity index is 1040. The summed E-state index contributed by atoms with van der Waals surface area (Å²) in [5.41, 5.74) is 0.570. The first-order chi connectivity index (χ1) is 14.1. The lowest BCUT2D eigenvalue weighted by molar-refractivity contribution is 0.0824. The van der Waals surface area contributed by atoms with Gasteiger partial charge in [-0.2, -0.15) is 8.75 Å². The van der Waals surface area contributed by atoms with Crippen molar-refractivity contribution in [3.8, 4) is 5.75 Å². The summed E-state index contributed by atoms with van der Waals surface area (Å²) in [5, 5.41) is 17.3. The number of amides is 1. The first-order valence-corrected chi connectivity index (χ1v) is 11.1. The molecule has 0 spiro atoms. The van der Waals surface area contributed by atoms with E-state index in [1.165, 1.54) is 14.7 Å². The minimum Gasteiger partial charge on any atom is -0.505 e. The second kappa shape index (κ2) is 8.61. The van der Waals surface area contributed by atoms with Crippen LogP contribution in [-0.4, -0.2) is 38.8 Å². The predicted octanol–water partition coefficient (Wildman–Crippen LogP) is 5.26. The number of nitrogens with zero attached hydrogens (tertiary/aromatic N) is 3. The lowest BCUT2D eigenvalue weighted by atomic mass is 9.86. The Labute approximate surface area is 185 Å². The van der Waals surface area contributed by atoms with Gasteiger partial charge in [0, 0.05) is 23.8 Å². The number of para-hydroxylation sites is 1. The summed E-state index contributed by atoms with van der Waals surface area (Å²) in [6.07, 6.45) is 0. The molecule has 7 nitrogen and oxygen atoms in total. The topological polar surface area (TPSA) is 90.4 Å². The second-order valence-electron chi connectivity index (χ2n) is 8.38. The first kappa shape index (κ1) is 22.0. The molecule has 160 valence electrons. The summed E-state index contributed by atoms with van der Waals surface area (Å²) < 4.78 is 8.77. The van der Waals surface area contributed by atoms with Crippen LogP contribution in [0, 0.1) is 12.3 Å². The zero-order valence-electron chi connectivity index (χ0n) is 18.0. The molecule has 0 aliphatic heterocycles.